The number of anilines is 1. The lowest BCUT2D eigenvalue weighted by Crippen LogP contribution is -2.32. The quantitative estimate of drug-likeness (QED) is 0.604. The molecule has 0 saturated heterocycles. The highest BCUT2D eigenvalue weighted by molar-refractivity contribution is 9.10. The van der Waals surface area contributed by atoms with Gasteiger partial charge in [0.05, 0.1) is 12.2 Å². The Morgan fingerprint density at radius 2 is 1.89 bits per heavy atom. The molecule has 0 fully saturated rings. The average Bonchev–Trinajstić information content (AvgIpc) is 3.25. The molecule has 2 heterocycles. The molecular formula is C19H18BrN3O3S. The van der Waals surface area contributed by atoms with Crippen LogP contribution in [0.5, 0.6) is 0 Å². The molecule has 2 amide bonds. The van der Waals surface area contributed by atoms with Crippen molar-refractivity contribution >= 4 is 44.2 Å². The number of benzene rings is 1. The second-order valence-electron chi connectivity index (χ2n) is 6.12. The Bertz CT molecular complexity index is 1010. The Kier molecular flexibility index (Phi) is 5.76. The molecule has 1 aromatic carbocycles. The number of hydrogen-bond donors (Lipinski definition) is 2. The van der Waals surface area contributed by atoms with Crippen LogP contribution in [0.1, 0.15) is 27.2 Å². The van der Waals surface area contributed by atoms with Crippen LogP contribution in [0.3, 0.4) is 0 Å². The highest BCUT2D eigenvalue weighted by atomic mass is 79.9. The van der Waals surface area contributed by atoms with Gasteiger partial charge in [-0.2, -0.15) is 0 Å². The molecule has 0 saturated carbocycles. The summed E-state index contributed by atoms with van der Waals surface area (Å²) in [5.41, 5.74) is 5.44. The van der Waals surface area contributed by atoms with Crippen molar-refractivity contribution in [2.75, 3.05) is 11.9 Å². The van der Waals surface area contributed by atoms with Gasteiger partial charge in [0, 0.05) is 10.9 Å². The summed E-state index contributed by atoms with van der Waals surface area (Å²) in [4.78, 5) is 28.4. The zero-order valence-corrected chi connectivity index (χ0v) is 17.5. The van der Waals surface area contributed by atoms with Gasteiger partial charge in [-0.05, 0) is 71.6 Å². The van der Waals surface area contributed by atoms with Crippen LogP contribution in [0.2, 0.25) is 0 Å². The van der Waals surface area contributed by atoms with E-state index in [4.69, 9.17) is 4.42 Å². The van der Waals surface area contributed by atoms with E-state index >= 15 is 0 Å². The highest BCUT2D eigenvalue weighted by Gasteiger charge is 2.14. The molecule has 0 unspecified atom stereocenters. The second-order valence-corrected chi connectivity index (χ2v) is 7.76. The third-order valence-corrected chi connectivity index (χ3v) is 5.26. The summed E-state index contributed by atoms with van der Waals surface area (Å²) < 4.78 is 5.59. The average molecular weight is 448 g/mol. The van der Waals surface area contributed by atoms with Gasteiger partial charge >= 0.3 is 0 Å². The minimum atomic E-state index is -0.457. The molecule has 0 aliphatic rings. The number of halogens is 1. The first-order chi connectivity index (χ1) is 12.8. The summed E-state index contributed by atoms with van der Waals surface area (Å²) in [6.45, 7) is 6.01. The lowest BCUT2D eigenvalue weighted by atomic mass is 9.99. The summed E-state index contributed by atoms with van der Waals surface area (Å²) >= 11 is 4.47. The summed E-state index contributed by atoms with van der Waals surface area (Å²) in [5.74, 6) is -0.676. The molecule has 3 rings (SSSR count). The Morgan fingerprint density at radius 3 is 2.59 bits per heavy atom. The maximum Gasteiger partial charge on any atom is 0.287 e. The molecule has 0 aliphatic carbocycles. The number of rotatable bonds is 5. The van der Waals surface area contributed by atoms with Crippen LogP contribution in [-0.4, -0.2) is 23.3 Å². The van der Waals surface area contributed by atoms with E-state index in [-0.39, 0.29) is 18.2 Å². The first kappa shape index (κ1) is 19.3. The number of hydrogen-bond acceptors (Lipinski definition) is 5. The van der Waals surface area contributed by atoms with Crippen molar-refractivity contribution in [2.45, 2.75) is 20.8 Å². The van der Waals surface area contributed by atoms with Crippen LogP contribution < -0.4 is 10.6 Å². The smallest absolute Gasteiger partial charge is 0.287 e. The SMILES string of the molecule is Cc1cc(C)c(-c2csc(NC(=O)CNC(=O)c3ccc(Br)o3)n2)cc1C. The summed E-state index contributed by atoms with van der Waals surface area (Å²) in [6, 6.07) is 7.37. The Hall–Kier alpha value is -2.45. The van der Waals surface area contributed by atoms with Crippen molar-refractivity contribution in [3.63, 3.8) is 0 Å². The fraction of sp³-hybridized carbons (Fsp3) is 0.211. The molecule has 8 heteroatoms. The lowest BCUT2D eigenvalue weighted by Gasteiger charge is -2.07. The number of aromatic nitrogens is 1. The van der Waals surface area contributed by atoms with Gasteiger partial charge in [0.1, 0.15) is 0 Å². The number of aryl methyl sites for hydroxylation is 3. The van der Waals surface area contributed by atoms with Gasteiger partial charge in [-0.1, -0.05) is 6.07 Å². The van der Waals surface area contributed by atoms with Crippen LogP contribution in [0.25, 0.3) is 11.3 Å². The molecule has 6 nitrogen and oxygen atoms in total. The molecule has 27 heavy (non-hydrogen) atoms. The van der Waals surface area contributed by atoms with Crippen LogP contribution in [0.4, 0.5) is 5.13 Å². The third kappa shape index (κ3) is 4.64. The first-order valence-electron chi connectivity index (χ1n) is 8.20. The molecular weight excluding hydrogens is 430 g/mol. The van der Waals surface area contributed by atoms with Crippen LogP contribution >= 0.6 is 27.3 Å². The van der Waals surface area contributed by atoms with Gasteiger partial charge < -0.3 is 15.1 Å². The molecule has 140 valence electrons. The van der Waals surface area contributed by atoms with Crippen LogP contribution in [0, 0.1) is 20.8 Å². The number of nitrogens with zero attached hydrogens (tertiary/aromatic N) is 1. The van der Waals surface area contributed by atoms with Crippen molar-refractivity contribution in [2.24, 2.45) is 0 Å². The van der Waals surface area contributed by atoms with E-state index in [1.807, 2.05) is 12.3 Å². The minimum absolute atomic E-state index is 0.136. The maximum absolute atomic E-state index is 12.1. The standard InChI is InChI=1S/C19H18BrN3O3S/c1-10-6-12(3)13(7-11(10)2)14-9-27-19(22-14)23-17(24)8-21-18(25)15-4-5-16(20)26-15/h4-7,9H,8H2,1-3H3,(H,21,25)(H,22,23,24). The number of carbonyl (C=O) groups is 2. The van der Waals surface area contributed by atoms with Gasteiger partial charge in [-0.3, -0.25) is 9.59 Å². The zero-order chi connectivity index (χ0) is 19.6. The number of furan rings is 1. The van der Waals surface area contributed by atoms with Crippen LogP contribution in [-0.2, 0) is 4.79 Å². The molecule has 2 aromatic heterocycles. The molecule has 0 atom stereocenters. The van der Waals surface area contributed by atoms with Gasteiger partial charge in [0.15, 0.2) is 15.6 Å². The molecule has 2 N–H and O–H groups in total. The fourth-order valence-corrected chi connectivity index (χ4v) is 3.57. The normalized spacial score (nSPS) is 10.7. The number of amides is 2. The van der Waals surface area contributed by atoms with Crippen molar-refractivity contribution in [3.8, 4) is 11.3 Å². The van der Waals surface area contributed by atoms with Crippen LogP contribution in [0.15, 0.2) is 38.7 Å². The van der Waals surface area contributed by atoms with Gasteiger partial charge in [0.25, 0.3) is 5.91 Å². The topological polar surface area (TPSA) is 84.2 Å². The van der Waals surface area contributed by atoms with E-state index in [0.717, 1.165) is 16.8 Å². The molecule has 0 spiro atoms. The number of carbonyl (C=O) groups excluding carboxylic acids is 2. The highest BCUT2D eigenvalue weighted by Crippen LogP contribution is 2.29. The fourth-order valence-electron chi connectivity index (χ4n) is 2.54. The van der Waals surface area contributed by atoms with E-state index in [0.29, 0.717) is 9.80 Å². The predicted molar refractivity (Wildman–Crippen MR) is 109 cm³/mol. The maximum atomic E-state index is 12.1. The summed E-state index contributed by atoms with van der Waals surface area (Å²) in [5, 5.41) is 7.61. The Morgan fingerprint density at radius 1 is 1.15 bits per heavy atom. The van der Waals surface area contributed by atoms with Gasteiger partial charge in [-0.15, -0.1) is 11.3 Å². The number of nitrogens with one attached hydrogen (secondary N) is 2. The largest absolute Gasteiger partial charge is 0.444 e. The Labute approximate surface area is 169 Å². The predicted octanol–water partition coefficient (Wildman–Crippen LogP) is 4.46. The monoisotopic (exact) mass is 447 g/mol. The molecule has 3 aromatic rings. The number of thiazole rings is 1. The van der Waals surface area contributed by atoms with E-state index < -0.39 is 5.91 Å². The van der Waals surface area contributed by atoms with E-state index in [9.17, 15) is 9.59 Å². The minimum Gasteiger partial charge on any atom is -0.444 e. The zero-order valence-electron chi connectivity index (χ0n) is 15.1. The van der Waals surface area contributed by atoms with E-state index in [2.05, 4.69) is 57.5 Å². The van der Waals surface area contributed by atoms with Crippen molar-refractivity contribution < 1.29 is 14.0 Å². The second kappa shape index (κ2) is 8.06. The van der Waals surface area contributed by atoms with Gasteiger partial charge in [0.2, 0.25) is 5.91 Å². The van der Waals surface area contributed by atoms with Crippen molar-refractivity contribution in [1.82, 2.24) is 10.3 Å². The summed E-state index contributed by atoms with van der Waals surface area (Å²) in [6.07, 6.45) is 0. The molecule has 0 radical (unpaired) electrons. The first-order valence-corrected chi connectivity index (χ1v) is 9.88. The molecule has 0 aliphatic heterocycles. The van der Waals surface area contributed by atoms with Crippen molar-refractivity contribution in [1.29, 1.82) is 0 Å². The summed E-state index contributed by atoms with van der Waals surface area (Å²) in [7, 11) is 0. The van der Waals surface area contributed by atoms with Gasteiger partial charge in [-0.25, -0.2) is 4.98 Å². The third-order valence-electron chi connectivity index (χ3n) is 4.07. The van der Waals surface area contributed by atoms with Crippen molar-refractivity contribution in [3.05, 3.63) is 56.8 Å². The molecule has 0 bridgehead atoms. The van der Waals surface area contributed by atoms with E-state index in [1.54, 1.807) is 6.07 Å². The lowest BCUT2D eigenvalue weighted by molar-refractivity contribution is -0.115. The Balaban J connectivity index is 1.61. The van der Waals surface area contributed by atoms with E-state index in [1.165, 1.54) is 28.5 Å².